The number of amides is 1. The number of nitrogens with two attached hydrogens (primary N) is 1. The zero-order valence-corrected chi connectivity index (χ0v) is 11.7. The fourth-order valence-electron chi connectivity index (χ4n) is 1.55. The van der Waals surface area contributed by atoms with Gasteiger partial charge in [-0.3, -0.25) is 4.79 Å². The first-order valence-corrected chi connectivity index (χ1v) is 6.22. The molecule has 0 fully saturated rings. The smallest absolute Gasteiger partial charge is 0.253 e. The fraction of sp³-hybridized carbons (Fsp3) is 0.357. The third kappa shape index (κ3) is 3.14. The predicted molar refractivity (Wildman–Crippen MR) is 72.3 cm³/mol. The van der Waals surface area contributed by atoms with Crippen LogP contribution in [-0.4, -0.2) is 16.1 Å². The van der Waals surface area contributed by atoms with Crippen molar-refractivity contribution in [3.63, 3.8) is 0 Å². The molecule has 0 saturated carbocycles. The highest BCUT2D eigenvalue weighted by Gasteiger charge is 2.21. The second-order valence-electron chi connectivity index (χ2n) is 5.40. The van der Waals surface area contributed by atoms with Crippen molar-refractivity contribution in [3.05, 3.63) is 41.6 Å². The van der Waals surface area contributed by atoms with Gasteiger partial charge in [-0.05, 0) is 12.1 Å². The third-order valence-corrected chi connectivity index (χ3v) is 2.61. The number of nitrogens with zero attached hydrogens (tertiary/aromatic N) is 2. The topological polar surface area (TPSA) is 91.2 Å². The Bertz CT molecular complexity index is 614. The summed E-state index contributed by atoms with van der Waals surface area (Å²) < 4.78 is 11.0. The van der Waals surface area contributed by atoms with Gasteiger partial charge in [0.25, 0.3) is 11.8 Å². The lowest BCUT2D eigenvalue weighted by Gasteiger charge is -2.11. The van der Waals surface area contributed by atoms with E-state index in [0.717, 1.165) is 0 Å². The van der Waals surface area contributed by atoms with Crippen LogP contribution >= 0.6 is 0 Å². The van der Waals surface area contributed by atoms with Crippen molar-refractivity contribution in [2.45, 2.75) is 32.8 Å². The molecule has 0 atom stereocenters. The van der Waals surface area contributed by atoms with Crippen LogP contribution in [0.2, 0.25) is 0 Å². The normalized spacial score (nSPS) is 11.3. The van der Waals surface area contributed by atoms with Crippen LogP contribution < -0.4 is 10.5 Å². The number of para-hydroxylation sites is 1. The summed E-state index contributed by atoms with van der Waals surface area (Å²) in [6.07, 6.45) is 0. The van der Waals surface area contributed by atoms with Crippen LogP contribution in [0, 0.1) is 0 Å². The first kappa shape index (κ1) is 14.0. The van der Waals surface area contributed by atoms with Gasteiger partial charge in [0, 0.05) is 5.41 Å². The van der Waals surface area contributed by atoms with E-state index in [-0.39, 0.29) is 12.0 Å². The van der Waals surface area contributed by atoms with Gasteiger partial charge in [0.2, 0.25) is 5.89 Å². The van der Waals surface area contributed by atoms with Crippen molar-refractivity contribution in [2.75, 3.05) is 0 Å². The number of ether oxygens (including phenoxy) is 1. The van der Waals surface area contributed by atoms with Crippen LogP contribution in [0.4, 0.5) is 0 Å². The Morgan fingerprint density at radius 1 is 1.30 bits per heavy atom. The Morgan fingerprint density at radius 2 is 2.00 bits per heavy atom. The maximum atomic E-state index is 11.3. The molecule has 6 nitrogen and oxygen atoms in total. The standard InChI is InChI=1S/C14H17N3O3/c1-14(2,3)13-17-16-11(20-13)8-19-10-7-5-4-6-9(10)12(15)18/h4-7H,8H2,1-3H3,(H2,15,18). The van der Waals surface area contributed by atoms with Crippen LogP contribution in [0.1, 0.15) is 42.9 Å². The Kier molecular flexibility index (Phi) is 3.74. The van der Waals surface area contributed by atoms with E-state index in [1.807, 2.05) is 20.8 Å². The molecular formula is C14H17N3O3. The second-order valence-corrected chi connectivity index (χ2v) is 5.40. The summed E-state index contributed by atoms with van der Waals surface area (Å²) in [7, 11) is 0. The number of primary amides is 1. The van der Waals surface area contributed by atoms with Gasteiger partial charge in [-0.1, -0.05) is 32.9 Å². The second kappa shape index (κ2) is 5.32. The molecule has 1 heterocycles. The quantitative estimate of drug-likeness (QED) is 0.922. The average molecular weight is 275 g/mol. The zero-order chi connectivity index (χ0) is 14.8. The monoisotopic (exact) mass is 275 g/mol. The maximum Gasteiger partial charge on any atom is 0.253 e. The number of rotatable bonds is 4. The summed E-state index contributed by atoms with van der Waals surface area (Å²) in [5, 5.41) is 7.88. The number of carbonyl (C=O) groups is 1. The van der Waals surface area contributed by atoms with E-state index in [1.165, 1.54) is 0 Å². The number of aromatic nitrogens is 2. The highest BCUT2D eigenvalue weighted by molar-refractivity contribution is 5.95. The molecule has 0 aliphatic rings. The molecule has 0 saturated heterocycles. The zero-order valence-electron chi connectivity index (χ0n) is 11.7. The summed E-state index contributed by atoms with van der Waals surface area (Å²) in [5.41, 5.74) is 5.38. The van der Waals surface area contributed by atoms with E-state index in [1.54, 1.807) is 24.3 Å². The molecule has 6 heteroatoms. The Balaban J connectivity index is 2.10. The van der Waals surface area contributed by atoms with Crippen molar-refractivity contribution in [1.82, 2.24) is 10.2 Å². The highest BCUT2D eigenvalue weighted by atomic mass is 16.5. The number of carbonyl (C=O) groups excluding carboxylic acids is 1. The lowest BCUT2D eigenvalue weighted by atomic mass is 9.97. The van der Waals surface area contributed by atoms with E-state index in [0.29, 0.717) is 23.1 Å². The minimum absolute atomic E-state index is 0.0906. The van der Waals surface area contributed by atoms with Crippen LogP contribution in [0.3, 0.4) is 0 Å². The van der Waals surface area contributed by atoms with Crippen molar-refractivity contribution in [2.24, 2.45) is 5.73 Å². The molecule has 0 unspecified atom stereocenters. The first-order valence-electron chi connectivity index (χ1n) is 6.22. The Morgan fingerprint density at radius 3 is 2.60 bits per heavy atom. The predicted octanol–water partition coefficient (Wildman–Crippen LogP) is 2.04. The van der Waals surface area contributed by atoms with E-state index in [2.05, 4.69) is 10.2 Å². The number of hydrogen-bond acceptors (Lipinski definition) is 5. The summed E-state index contributed by atoms with van der Waals surface area (Å²) >= 11 is 0. The van der Waals surface area contributed by atoms with Crippen LogP contribution in [-0.2, 0) is 12.0 Å². The van der Waals surface area contributed by atoms with Gasteiger partial charge < -0.3 is 14.9 Å². The largest absolute Gasteiger partial charge is 0.483 e. The maximum absolute atomic E-state index is 11.3. The molecule has 2 aromatic rings. The van der Waals surface area contributed by atoms with Crippen molar-refractivity contribution in [3.8, 4) is 5.75 Å². The molecular weight excluding hydrogens is 258 g/mol. The van der Waals surface area contributed by atoms with Crippen LogP contribution in [0.25, 0.3) is 0 Å². The first-order chi connectivity index (χ1) is 9.38. The van der Waals surface area contributed by atoms with Crippen LogP contribution in [0.15, 0.2) is 28.7 Å². The minimum Gasteiger partial charge on any atom is -0.483 e. The molecule has 106 valence electrons. The van der Waals surface area contributed by atoms with Gasteiger partial charge >= 0.3 is 0 Å². The summed E-state index contributed by atoms with van der Waals surface area (Å²) in [6, 6.07) is 6.75. The molecule has 0 bridgehead atoms. The van der Waals surface area contributed by atoms with E-state index < -0.39 is 5.91 Å². The molecule has 1 aromatic carbocycles. The Hall–Kier alpha value is -2.37. The molecule has 2 N–H and O–H groups in total. The van der Waals surface area contributed by atoms with Gasteiger partial charge in [0.1, 0.15) is 5.75 Å². The van der Waals surface area contributed by atoms with Crippen molar-refractivity contribution in [1.29, 1.82) is 0 Å². The number of benzene rings is 1. The van der Waals surface area contributed by atoms with Crippen molar-refractivity contribution < 1.29 is 13.9 Å². The summed E-state index contributed by atoms with van der Waals surface area (Å²) in [5.74, 6) is 0.755. The van der Waals surface area contributed by atoms with Crippen molar-refractivity contribution >= 4 is 5.91 Å². The van der Waals surface area contributed by atoms with E-state index in [9.17, 15) is 4.79 Å². The number of hydrogen-bond donors (Lipinski definition) is 1. The molecule has 2 rings (SSSR count). The van der Waals surface area contributed by atoms with Gasteiger partial charge in [-0.15, -0.1) is 10.2 Å². The van der Waals surface area contributed by atoms with Gasteiger partial charge in [-0.2, -0.15) is 0 Å². The summed E-state index contributed by atoms with van der Waals surface area (Å²) in [6.45, 7) is 6.03. The van der Waals surface area contributed by atoms with Gasteiger partial charge in [0.15, 0.2) is 6.61 Å². The SMILES string of the molecule is CC(C)(C)c1nnc(COc2ccccc2C(N)=O)o1. The summed E-state index contributed by atoms with van der Waals surface area (Å²) in [4.78, 5) is 11.3. The molecule has 1 aromatic heterocycles. The third-order valence-electron chi connectivity index (χ3n) is 2.61. The van der Waals surface area contributed by atoms with E-state index in [4.69, 9.17) is 14.9 Å². The molecule has 0 aliphatic heterocycles. The molecule has 0 aliphatic carbocycles. The minimum atomic E-state index is -0.540. The lowest BCUT2D eigenvalue weighted by molar-refractivity contribution is 0.0995. The highest BCUT2D eigenvalue weighted by Crippen LogP contribution is 2.22. The Labute approximate surface area is 116 Å². The molecule has 20 heavy (non-hydrogen) atoms. The van der Waals surface area contributed by atoms with Crippen LogP contribution in [0.5, 0.6) is 5.75 Å². The molecule has 1 amide bonds. The van der Waals surface area contributed by atoms with Gasteiger partial charge in [-0.25, -0.2) is 0 Å². The lowest BCUT2D eigenvalue weighted by Crippen LogP contribution is -2.13. The fourth-order valence-corrected chi connectivity index (χ4v) is 1.55. The average Bonchev–Trinajstić information content (AvgIpc) is 2.85. The molecule has 0 spiro atoms. The van der Waals surface area contributed by atoms with Gasteiger partial charge in [0.05, 0.1) is 5.56 Å². The van der Waals surface area contributed by atoms with E-state index >= 15 is 0 Å². The molecule has 0 radical (unpaired) electrons.